The van der Waals surface area contributed by atoms with Crippen LogP contribution in [-0.2, 0) is 6.54 Å². The number of hydrogen-bond acceptors (Lipinski definition) is 4. The second kappa shape index (κ2) is 7.04. The van der Waals surface area contributed by atoms with Crippen LogP contribution in [0.5, 0.6) is 11.5 Å². The quantitative estimate of drug-likeness (QED) is 0.607. The molecular formula is C16H19N2O2S+. The number of aromatic nitrogens is 2. The van der Waals surface area contributed by atoms with Gasteiger partial charge in [0.25, 0.3) is 5.01 Å². The van der Waals surface area contributed by atoms with E-state index in [1.807, 2.05) is 48.0 Å². The molecule has 0 N–H and O–H groups in total. The van der Waals surface area contributed by atoms with E-state index in [-0.39, 0.29) is 0 Å². The van der Waals surface area contributed by atoms with Gasteiger partial charge in [-0.3, -0.25) is 0 Å². The van der Waals surface area contributed by atoms with Crippen molar-refractivity contribution in [2.75, 3.05) is 14.2 Å². The molecule has 0 aliphatic heterocycles. The highest BCUT2D eigenvalue weighted by atomic mass is 32.1. The molecule has 1 aromatic carbocycles. The molecule has 0 atom stereocenters. The number of allylic oxidation sites excluding steroid dienone is 1. The monoisotopic (exact) mass is 303 g/mol. The molecule has 21 heavy (non-hydrogen) atoms. The van der Waals surface area contributed by atoms with Crippen molar-refractivity contribution in [2.45, 2.75) is 13.5 Å². The minimum atomic E-state index is 0.698. The molecule has 110 valence electrons. The summed E-state index contributed by atoms with van der Waals surface area (Å²) in [7, 11) is 3.30. The Morgan fingerprint density at radius 3 is 2.76 bits per heavy atom. The molecule has 1 heterocycles. The van der Waals surface area contributed by atoms with Gasteiger partial charge < -0.3 is 9.47 Å². The maximum Gasteiger partial charge on any atom is 0.289 e. The summed E-state index contributed by atoms with van der Waals surface area (Å²) in [5.41, 5.74) is 0.995. The minimum absolute atomic E-state index is 0.698. The number of hydrogen-bond donors (Lipinski definition) is 0. The van der Waals surface area contributed by atoms with Gasteiger partial charge in [-0.2, -0.15) is 0 Å². The van der Waals surface area contributed by atoms with Gasteiger partial charge in [-0.1, -0.05) is 11.3 Å². The van der Waals surface area contributed by atoms with Gasteiger partial charge in [-0.15, -0.1) is 0 Å². The molecule has 0 bridgehead atoms. The Morgan fingerprint density at radius 1 is 1.29 bits per heavy atom. The molecule has 0 aliphatic carbocycles. The minimum Gasteiger partial charge on any atom is -0.497 e. The summed E-state index contributed by atoms with van der Waals surface area (Å²) in [5, 5.41) is 6.54. The summed E-state index contributed by atoms with van der Waals surface area (Å²) in [4.78, 5) is 0. The summed E-state index contributed by atoms with van der Waals surface area (Å²) in [6.07, 6.45) is 5.90. The SMILES string of the molecule is C=CC[n+]1nc(C)sc1/C=C/c1ccc(OC)cc1OC. The van der Waals surface area contributed by atoms with E-state index in [0.29, 0.717) is 6.54 Å². The van der Waals surface area contributed by atoms with Gasteiger partial charge in [-0.25, -0.2) is 0 Å². The smallest absolute Gasteiger partial charge is 0.289 e. The molecule has 2 aromatic rings. The van der Waals surface area contributed by atoms with Crippen molar-refractivity contribution >= 4 is 23.5 Å². The molecule has 0 radical (unpaired) electrons. The van der Waals surface area contributed by atoms with Gasteiger partial charge >= 0.3 is 0 Å². The number of nitrogens with zero attached hydrogens (tertiary/aromatic N) is 2. The van der Waals surface area contributed by atoms with Crippen LogP contribution >= 0.6 is 11.3 Å². The molecule has 0 fully saturated rings. The third kappa shape index (κ3) is 3.70. The van der Waals surface area contributed by atoms with Crippen molar-refractivity contribution in [3.8, 4) is 11.5 Å². The Balaban J connectivity index is 2.30. The van der Waals surface area contributed by atoms with Crippen LogP contribution in [0.25, 0.3) is 12.2 Å². The molecule has 4 nitrogen and oxygen atoms in total. The lowest BCUT2D eigenvalue weighted by Gasteiger charge is -2.06. The standard InChI is InChI=1S/C16H19N2O2S/c1-5-10-18-16(21-12(2)17-18)9-7-13-6-8-14(19-3)11-15(13)20-4/h5-9,11H,1,10H2,2-4H3/q+1/b9-7+. The van der Waals surface area contributed by atoms with E-state index in [9.17, 15) is 0 Å². The van der Waals surface area contributed by atoms with Crippen molar-refractivity contribution in [2.24, 2.45) is 0 Å². The first-order chi connectivity index (χ1) is 10.2. The van der Waals surface area contributed by atoms with Crippen LogP contribution in [0.15, 0.2) is 30.9 Å². The van der Waals surface area contributed by atoms with Crippen LogP contribution in [-0.4, -0.2) is 19.3 Å². The fraction of sp³-hybridized carbons (Fsp3) is 0.250. The van der Waals surface area contributed by atoms with Gasteiger partial charge in [-0.05, 0) is 42.5 Å². The predicted octanol–water partition coefficient (Wildman–Crippen LogP) is 3.11. The van der Waals surface area contributed by atoms with Gasteiger partial charge in [0.1, 0.15) is 11.5 Å². The zero-order chi connectivity index (χ0) is 15.2. The highest BCUT2D eigenvalue weighted by Gasteiger charge is 2.13. The second-order valence-electron chi connectivity index (χ2n) is 4.37. The van der Waals surface area contributed by atoms with E-state index in [0.717, 1.165) is 27.1 Å². The van der Waals surface area contributed by atoms with E-state index >= 15 is 0 Å². The van der Waals surface area contributed by atoms with Crippen molar-refractivity contribution in [3.05, 3.63) is 46.4 Å². The van der Waals surface area contributed by atoms with E-state index < -0.39 is 0 Å². The van der Waals surface area contributed by atoms with Crippen LogP contribution in [0.3, 0.4) is 0 Å². The lowest BCUT2D eigenvalue weighted by molar-refractivity contribution is -0.741. The first-order valence-corrected chi connectivity index (χ1v) is 7.38. The number of rotatable bonds is 6. The van der Waals surface area contributed by atoms with Crippen molar-refractivity contribution in [1.29, 1.82) is 0 Å². The van der Waals surface area contributed by atoms with Crippen LogP contribution in [0.4, 0.5) is 0 Å². The van der Waals surface area contributed by atoms with Crippen LogP contribution in [0.1, 0.15) is 15.6 Å². The molecule has 0 saturated carbocycles. The van der Waals surface area contributed by atoms with Crippen molar-refractivity contribution < 1.29 is 14.2 Å². The molecule has 0 amide bonds. The van der Waals surface area contributed by atoms with E-state index in [1.165, 1.54) is 0 Å². The Kier molecular flexibility index (Phi) is 5.11. The number of aryl methyl sites for hydroxylation is 1. The summed E-state index contributed by atoms with van der Waals surface area (Å²) >= 11 is 1.65. The molecule has 0 unspecified atom stereocenters. The third-order valence-corrected chi connectivity index (χ3v) is 3.85. The molecule has 0 aliphatic rings. The number of ether oxygens (including phenoxy) is 2. The van der Waals surface area contributed by atoms with Crippen LogP contribution < -0.4 is 14.2 Å². The predicted molar refractivity (Wildman–Crippen MR) is 85.7 cm³/mol. The van der Waals surface area contributed by atoms with Crippen molar-refractivity contribution in [1.82, 2.24) is 5.10 Å². The zero-order valence-electron chi connectivity index (χ0n) is 12.5. The summed E-state index contributed by atoms with van der Waals surface area (Å²) in [6.45, 7) is 6.45. The topological polar surface area (TPSA) is 35.2 Å². The number of benzene rings is 1. The van der Waals surface area contributed by atoms with Gasteiger partial charge in [0.2, 0.25) is 0 Å². The van der Waals surface area contributed by atoms with E-state index in [4.69, 9.17) is 9.47 Å². The Labute approximate surface area is 129 Å². The maximum atomic E-state index is 5.39. The van der Waals surface area contributed by atoms with Crippen LogP contribution in [0.2, 0.25) is 0 Å². The maximum absolute atomic E-state index is 5.39. The Hall–Kier alpha value is -2.14. The van der Waals surface area contributed by atoms with Crippen LogP contribution in [0, 0.1) is 6.92 Å². The summed E-state index contributed by atoms with van der Waals surface area (Å²) < 4.78 is 12.5. The second-order valence-corrected chi connectivity index (χ2v) is 5.58. The molecule has 0 saturated heterocycles. The molecular weight excluding hydrogens is 284 g/mol. The molecule has 1 aromatic heterocycles. The normalized spacial score (nSPS) is 10.8. The van der Waals surface area contributed by atoms with E-state index in [2.05, 4.69) is 11.7 Å². The lowest BCUT2D eigenvalue weighted by atomic mass is 10.2. The first kappa shape index (κ1) is 15.3. The Morgan fingerprint density at radius 2 is 2.10 bits per heavy atom. The lowest BCUT2D eigenvalue weighted by Crippen LogP contribution is -2.37. The first-order valence-electron chi connectivity index (χ1n) is 6.56. The summed E-state index contributed by atoms with van der Waals surface area (Å²) in [6, 6.07) is 5.76. The average Bonchev–Trinajstić information content (AvgIpc) is 2.85. The third-order valence-electron chi connectivity index (χ3n) is 2.92. The Bertz CT molecular complexity index is 662. The van der Waals surface area contributed by atoms with Gasteiger partial charge in [0, 0.05) is 22.8 Å². The molecule has 5 heteroatoms. The van der Waals surface area contributed by atoms with Gasteiger partial charge in [0.15, 0.2) is 11.6 Å². The highest BCUT2D eigenvalue weighted by Crippen LogP contribution is 2.26. The molecule has 2 rings (SSSR count). The highest BCUT2D eigenvalue weighted by molar-refractivity contribution is 7.11. The van der Waals surface area contributed by atoms with E-state index in [1.54, 1.807) is 25.6 Å². The fourth-order valence-corrected chi connectivity index (χ4v) is 2.73. The zero-order valence-corrected chi connectivity index (χ0v) is 13.3. The van der Waals surface area contributed by atoms with Gasteiger partial charge in [0.05, 0.1) is 14.2 Å². The average molecular weight is 303 g/mol. The fourth-order valence-electron chi connectivity index (χ4n) is 1.93. The largest absolute Gasteiger partial charge is 0.497 e. The number of methoxy groups -OCH3 is 2. The molecule has 0 spiro atoms. The van der Waals surface area contributed by atoms with Crippen molar-refractivity contribution in [3.63, 3.8) is 0 Å². The summed E-state index contributed by atoms with van der Waals surface area (Å²) in [5.74, 6) is 1.56.